The molecule has 3 aliphatic rings. The number of ether oxygens (including phenoxy) is 4. The fraction of sp³-hybridized carbons (Fsp3) is 0.913. The van der Waals surface area contributed by atoms with Gasteiger partial charge in [-0.1, -0.05) is 0 Å². The first-order valence-electron chi connectivity index (χ1n) is 13.3. The first-order chi connectivity index (χ1) is 20.4. The van der Waals surface area contributed by atoms with Gasteiger partial charge in [0.1, 0.15) is 67.1 Å². The van der Waals surface area contributed by atoms with E-state index in [0.29, 0.717) is 0 Å². The molecule has 3 aliphatic heterocycles. The van der Waals surface area contributed by atoms with Gasteiger partial charge in [-0.25, -0.2) is 4.79 Å². The molecule has 0 bridgehead atoms. The molecule has 258 valence electrons. The van der Waals surface area contributed by atoms with Gasteiger partial charge in [0, 0.05) is 13.3 Å². The first kappa shape index (κ1) is 38.4. The van der Waals surface area contributed by atoms with Gasteiger partial charge in [0.25, 0.3) is 5.79 Å². The first-order valence-corrected chi connectivity index (χ1v) is 13.3. The molecule has 0 saturated carbocycles. The molecule has 16 atom stereocenters. The summed E-state index contributed by atoms with van der Waals surface area (Å²) in [6.45, 7) is -1.09. The Morgan fingerprint density at radius 2 is 1.48 bits per heavy atom. The molecule has 15 N–H and O–H groups in total. The molecule has 0 spiro atoms. The highest BCUT2D eigenvalue weighted by atomic mass is 16.7. The average molecular weight is 652 g/mol. The Labute approximate surface area is 248 Å². The van der Waals surface area contributed by atoms with Gasteiger partial charge in [-0.15, -0.1) is 0 Å². The zero-order chi connectivity index (χ0) is 33.7. The minimum atomic E-state index is -2.78. The number of hydrogen-bond donors (Lipinski definition) is 15. The van der Waals surface area contributed by atoms with E-state index >= 15 is 0 Å². The van der Waals surface area contributed by atoms with Crippen LogP contribution in [0.3, 0.4) is 0 Å². The Balaban J connectivity index is 0.000000308. The largest absolute Gasteiger partial charge is 0.477 e. The minimum absolute atomic E-state index is 0.598. The highest BCUT2D eigenvalue weighted by Gasteiger charge is 2.54. The van der Waals surface area contributed by atoms with Crippen molar-refractivity contribution in [3.63, 3.8) is 0 Å². The van der Waals surface area contributed by atoms with Crippen molar-refractivity contribution >= 4 is 11.9 Å². The second-order valence-electron chi connectivity index (χ2n) is 10.4. The molecule has 21 heteroatoms. The number of aliphatic hydroxyl groups is 13. The summed E-state index contributed by atoms with van der Waals surface area (Å²) in [4.78, 5) is 22.1. The number of carboxylic acids is 1. The van der Waals surface area contributed by atoms with Crippen molar-refractivity contribution in [2.75, 3.05) is 19.8 Å². The summed E-state index contributed by atoms with van der Waals surface area (Å²) in [5, 5.41) is 135. The van der Waals surface area contributed by atoms with E-state index in [1.807, 2.05) is 0 Å². The summed E-state index contributed by atoms with van der Waals surface area (Å²) in [5.41, 5.74) is 0. The average Bonchev–Trinajstić information content (AvgIpc) is 2.97. The minimum Gasteiger partial charge on any atom is -0.477 e. The van der Waals surface area contributed by atoms with Gasteiger partial charge in [0.05, 0.1) is 32.0 Å². The molecule has 21 nitrogen and oxygen atoms in total. The lowest BCUT2D eigenvalue weighted by atomic mass is 9.88. The lowest BCUT2D eigenvalue weighted by Gasteiger charge is -2.45. The molecule has 0 radical (unpaired) electrons. The molecule has 3 fully saturated rings. The van der Waals surface area contributed by atoms with Crippen LogP contribution in [-0.4, -0.2) is 201 Å². The fourth-order valence-electron chi connectivity index (χ4n) is 4.71. The zero-order valence-electron chi connectivity index (χ0n) is 23.2. The van der Waals surface area contributed by atoms with E-state index < -0.39 is 136 Å². The normalized spacial score (nSPS) is 44.1. The molecule has 44 heavy (non-hydrogen) atoms. The van der Waals surface area contributed by atoms with Crippen LogP contribution in [0.15, 0.2) is 0 Å². The number of hydrogen-bond acceptors (Lipinski definition) is 19. The molecule has 0 aliphatic carbocycles. The standard InChI is InChI=1S/C12H22O11.C11H19NO9/c13-1-3-5(15)6(16)9(19)12(22-3)23-10-4(2-14)21-11(20)8(18)7(10)17;1-4(14)12-7-5(15)2-11(20,10(18)19)21-9(7)8(17)6(16)3-13/h3-20H,1-2H2;5-9,13,15-17,20H,2-3H2,1H3,(H,12,14)(H,18,19)/t3-,4-,5+,6+,7-,8-,9-,10-,11?,12+;5-,6+,7+,8+,9+,11?/m10/s1. The SMILES string of the molecule is CC(=O)N[C@H]1[C@H]([C@H](O)[C@H](O)CO)OC(O)(C(=O)O)C[C@@H]1O.OC[C@H]1O[C@@H](O[C@H]2[C@H](O)[C@@H](O)C(O)O[C@@H]2CO)[C@H](O)[C@@H](O)[C@H]1O. The van der Waals surface area contributed by atoms with Crippen molar-refractivity contribution in [1.82, 2.24) is 5.32 Å². The molecular formula is C23H41NO20. The molecular weight excluding hydrogens is 610 g/mol. The molecule has 0 aromatic rings. The fourth-order valence-corrected chi connectivity index (χ4v) is 4.71. The van der Waals surface area contributed by atoms with E-state index in [1.54, 1.807) is 0 Å². The molecule has 1 amide bonds. The van der Waals surface area contributed by atoms with Crippen molar-refractivity contribution in [3.05, 3.63) is 0 Å². The lowest BCUT2D eigenvalue weighted by molar-refractivity contribution is -0.355. The smallest absolute Gasteiger partial charge is 0.364 e. The Kier molecular flexibility index (Phi) is 14.2. The van der Waals surface area contributed by atoms with Gasteiger partial charge in [-0.3, -0.25) is 4.79 Å². The van der Waals surface area contributed by atoms with Gasteiger partial charge in [0.15, 0.2) is 12.6 Å². The number of carbonyl (C=O) groups excluding carboxylic acids is 1. The second-order valence-corrected chi connectivity index (χ2v) is 10.4. The van der Waals surface area contributed by atoms with E-state index in [2.05, 4.69) is 5.32 Å². The van der Waals surface area contributed by atoms with Crippen LogP contribution in [0.1, 0.15) is 13.3 Å². The van der Waals surface area contributed by atoms with E-state index in [1.165, 1.54) is 0 Å². The maximum absolute atomic E-state index is 11.1. The van der Waals surface area contributed by atoms with Crippen LogP contribution in [0.2, 0.25) is 0 Å². The predicted molar refractivity (Wildman–Crippen MR) is 133 cm³/mol. The number of amides is 1. The van der Waals surface area contributed by atoms with E-state index in [-0.39, 0.29) is 0 Å². The van der Waals surface area contributed by atoms with Crippen LogP contribution in [0.25, 0.3) is 0 Å². The summed E-state index contributed by atoms with van der Waals surface area (Å²) in [6, 6.07) is -1.27. The van der Waals surface area contributed by atoms with E-state index in [0.717, 1.165) is 6.92 Å². The molecule has 0 aromatic carbocycles. The van der Waals surface area contributed by atoms with Crippen molar-refractivity contribution in [1.29, 1.82) is 0 Å². The Morgan fingerprint density at radius 3 is 1.98 bits per heavy atom. The van der Waals surface area contributed by atoms with Gasteiger partial charge in [0.2, 0.25) is 5.91 Å². The van der Waals surface area contributed by atoms with Crippen molar-refractivity contribution in [2.24, 2.45) is 0 Å². The zero-order valence-corrected chi connectivity index (χ0v) is 23.2. The summed E-state index contributed by atoms with van der Waals surface area (Å²) >= 11 is 0. The van der Waals surface area contributed by atoms with Gasteiger partial charge < -0.3 is 95.8 Å². The monoisotopic (exact) mass is 651 g/mol. The summed E-state index contributed by atoms with van der Waals surface area (Å²) < 4.78 is 20.1. The van der Waals surface area contributed by atoms with Crippen LogP contribution in [0.4, 0.5) is 0 Å². The lowest BCUT2D eigenvalue weighted by Crippen LogP contribution is -2.67. The second kappa shape index (κ2) is 16.2. The number of aliphatic hydroxyl groups excluding tert-OH is 12. The van der Waals surface area contributed by atoms with Crippen LogP contribution < -0.4 is 5.32 Å². The number of carbonyl (C=O) groups is 2. The number of aliphatic carboxylic acids is 1. The Hall–Kier alpha value is -1.74. The van der Waals surface area contributed by atoms with E-state index in [4.69, 9.17) is 34.3 Å². The third-order valence-corrected chi connectivity index (χ3v) is 7.19. The molecule has 3 rings (SSSR count). The maximum atomic E-state index is 11.1. The molecule has 3 saturated heterocycles. The van der Waals surface area contributed by atoms with Gasteiger partial charge >= 0.3 is 5.97 Å². The van der Waals surface area contributed by atoms with Crippen LogP contribution in [-0.2, 0) is 28.5 Å². The molecule has 0 aromatic heterocycles. The highest BCUT2D eigenvalue weighted by molar-refractivity contribution is 5.76. The number of carboxylic acid groups (broad SMARTS) is 1. The van der Waals surface area contributed by atoms with E-state index in [9.17, 15) is 65.8 Å². The van der Waals surface area contributed by atoms with Crippen LogP contribution in [0.5, 0.6) is 0 Å². The molecule has 3 heterocycles. The van der Waals surface area contributed by atoms with Crippen molar-refractivity contribution in [2.45, 2.75) is 111 Å². The quantitative estimate of drug-likeness (QED) is 0.110. The summed E-state index contributed by atoms with van der Waals surface area (Å²) in [7, 11) is 0. The van der Waals surface area contributed by atoms with Crippen LogP contribution >= 0.6 is 0 Å². The summed E-state index contributed by atoms with van der Waals surface area (Å²) in [5.74, 6) is -5.17. The number of nitrogens with one attached hydrogen (secondary N) is 1. The molecule has 2 unspecified atom stereocenters. The topological polar surface area (TPSA) is 366 Å². The Morgan fingerprint density at radius 1 is 0.886 bits per heavy atom. The van der Waals surface area contributed by atoms with Crippen molar-refractivity contribution < 1.29 is 100 Å². The third kappa shape index (κ3) is 8.74. The van der Waals surface area contributed by atoms with Crippen LogP contribution in [0, 0.1) is 0 Å². The third-order valence-electron chi connectivity index (χ3n) is 7.19. The maximum Gasteiger partial charge on any atom is 0.364 e. The highest BCUT2D eigenvalue weighted by Crippen LogP contribution is 2.31. The van der Waals surface area contributed by atoms with Gasteiger partial charge in [-0.05, 0) is 0 Å². The Bertz CT molecular complexity index is 926. The summed E-state index contributed by atoms with van der Waals surface area (Å²) in [6.07, 6.45) is -23.1. The van der Waals surface area contributed by atoms with Crippen molar-refractivity contribution in [3.8, 4) is 0 Å². The van der Waals surface area contributed by atoms with Gasteiger partial charge in [-0.2, -0.15) is 0 Å². The number of rotatable bonds is 9. The predicted octanol–water partition coefficient (Wildman–Crippen LogP) is -9.27.